The Balaban J connectivity index is 1.67. The van der Waals surface area contributed by atoms with Gasteiger partial charge in [-0.1, -0.05) is 12.1 Å². The summed E-state index contributed by atoms with van der Waals surface area (Å²) in [6.07, 6.45) is 0.415. The summed E-state index contributed by atoms with van der Waals surface area (Å²) in [6, 6.07) is 6.92. The Bertz CT molecular complexity index is 687. The Morgan fingerprint density at radius 1 is 1.30 bits per heavy atom. The van der Waals surface area contributed by atoms with Crippen molar-refractivity contribution in [3.05, 3.63) is 29.8 Å². The first-order valence-corrected chi connectivity index (χ1v) is 9.12. The van der Waals surface area contributed by atoms with Gasteiger partial charge in [0.05, 0.1) is 18.1 Å². The Morgan fingerprint density at radius 3 is 2.74 bits per heavy atom. The molecule has 0 spiro atoms. The van der Waals surface area contributed by atoms with Crippen LogP contribution in [-0.4, -0.2) is 50.9 Å². The lowest BCUT2D eigenvalue weighted by molar-refractivity contribution is -0.127. The number of nitrogens with one attached hydrogen (secondary N) is 2. The van der Waals surface area contributed by atoms with Crippen LogP contribution in [0.25, 0.3) is 0 Å². The molecular weight excluding hydrogens is 320 g/mol. The Kier molecular flexibility index (Phi) is 5.59. The van der Waals surface area contributed by atoms with Gasteiger partial charge in [-0.25, -0.2) is 8.42 Å². The molecule has 0 radical (unpaired) electrons. The van der Waals surface area contributed by atoms with Crippen LogP contribution >= 0.6 is 0 Å². The quantitative estimate of drug-likeness (QED) is 0.746. The molecule has 126 valence electrons. The maximum Gasteiger partial charge on any atom is 0.258 e. The second-order valence-corrected chi connectivity index (χ2v) is 7.78. The zero-order valence-electron chi connectivity index (χ0n) is 12.9. The molecule has 23 heavy (non-hydrogen) atoms. The molecule has 0 aliphatic carbocycles. The molecule has 1 aromatic rings. The van der Waals surface area contributed by atoms with Gasteiger partial charge in [-0.05, 0) is 31.0 Å². The lowest BCUT2D eigenvalue weighted by atomic mass is 10.2. The smallest absolute Gasteiger partial charge is 0.258 e. The van der Waals surface area contributed by atoms with Gasteiger partial charge in [0.15, 0.2) is 16.4 Å². The molecule has 0 saturated carbocycles. The molecule has 2 amide bonds. The maximum atomic E-state index is 11.7. The van der Waals surface area contributed by atoms with Gasteiger partial charge in [-0.2, -0.15) is 0 Å². The molecule has 0 aromatic heterocycles. The maximum absolute atomic E-state index is 11.7. The minimum atomic E-state index is -3.04. The van der Waals surface area contributed by atoms with Gasteiger partial charge in [0.25, 0.3) is 5.91 Å². The van der Waals surface area contributed by atoms with Crippen LogP contribution < -0.4 is 15.4 Å². The fourth-order valence-corrected chi connectivity index (χ4v) is 3.94. The highest BCUT2D eigenvalue weighted by molar-refractivity contribution is 7.91. The summed E-state index contributed by atoms with van der Waals surface area (Å²) in [7, 11) is -3.04. The number of rotatable bonds is 6. The van der Waals surface area contributed by atoms with Gasteiger partial charge in [-0.3, -0.25) is 9.59 Å². The lowest BCUT2D eigenvalue weighted by Gasteiger charge is -2.11. The highest BCUT2D eigenvalue weighted by Crippen LogP contribution is 2.12. The first kappa shape index (κ1) is 17.3. The fourth-order valence-electron chi connectivity index (χ4n) is 2.27. The molecule has 8 heteroatoms. The molecule has 1 aliphatic rings. The van der Waals surface area contributed by atoms with E-state index in [1.807, 2.05) is 19.1 Å². The third-order valence-corrected chi connectivity index (χ3v) is 5.17. The van der Waals surface area contributed by atoms with Crippen molar-refractivity contribution in [2.45, 2.75) is 19.4 Å². The van der Waals surface area contributed by atoms with Gasteiger partial charge >= 0.3 is 0 Å². The SMILES string of the molecule is Cc1cccc(OCC(=O)NCC(=O)NC2CCS(=O)(=O)C2)c1. The van der Waals surface area contributed by atoms with E-state index in [0.29, 0.717) is 12.2 Å². The summed E-state index contributed by atoms with van der Waals surface area (Å²) in [6.45, 7) is 1.53. The summed E-state index contributed by atoms with van der Waals surface area (Å²) < 4.78 is 27.9. The number of amides is 2. The summed E-state index contributed by atoms with van der Waals surface area (Å²) in [5.41, 5.74) is 1.02. The zero-order valence-corrected chi connectivity index (χ0v) is 13.7. The molecule has 1 atom stereocenters. The third kappa shape index (κ3) is 5.90. The van der Waals surface area contributed by atoms with E-state index in [-0.39, 0.29) is 30.7 Å². The summed E-state index contributed by atoms with van der Waals surface area (Å²) in [5.74, 6) is -0.185. The molecular formula is C15H20N2O5S. The Labute approximate surface area is 135 Å². The summed E-state index contributed by atoms with van der Waals surface area (Å²) >= 11 is 0. The van der Waals surface area contributed by atoms with Gasteiger partial charge in [0.1, 0.15) is 5.75 Å². The number of hydrogen-bond acceptors (Lipinski definition) is 5. The number of benzene rings is 1. The van der Waals surface area contributed by atoms with E-state index in [1.165, 1.54) is 0 Å². The van der Waals surface area contributed by atoms with Gasteiger partial charge in [0.2, 0.25) is 5.91 Å². The van der Waals surface area contributed by atoms with Crippen molar-refractivity contribution in [2.75, 3.05) is 24.7 Å². The molecule has 0 bridgehead atoms. The third-order valence-electron chi connectivity index (χ3n) is 3.40. The largest absolute Gasteiger partial charge is 0.484 e. The van der Waals surface area contributed by atoms with Crippen LogP contribution in [0.15, 0.2) is 24.3 Å². The molecule has 1 unspecified atom stereocenters. The molecule has 1 aliphatic heterocycles. The van der Waals surface area contributed by atoms with Gasteiger partial charge in [-0.15, -0.1) is 0 Å². The van der Waals surface area contributed by atoms with Gasteiger partial charge in [0, 0.05) is 6.04 Å². The van der Waals surface area contributed by atoms with E-state index in [0.717, 1.165) is 5.56 Å². The van der Waals surface area contributed by atoms with E-state index in [1.54, 1.807) is 12.1 Å². The molecule has 7 nitrogen and oxygen atoms in total. The predicted molar refractivity (Wildman–Crippen MR) is 84.9 cm³/mol. The van der Waals surface area contributed by atoms with E-state index in [9.17, 15) is 18.0 Å². The predicted octanol–water partition coefficient (Wildman–Crippen LogP) is -0.207. The highest BCUT2D eigenvalue weighted by Gasteiger charge is 2.28. The molecule has 1 aromatic carbocycles. The minimum absolute atomic E-state index is 0.0385. The van der Waals surface area contributed by atoms with Crippen LogP contribution in [0.3, 0.4) is 0 Å². The average Bonchev–Trinajstić information content (AvgIpc) is 2.82. The topological polar surface area (TPSA) is 102 Å². The van der Waals surface area contributed by atoms with Crippen LogP contribution in [0, 0.1) is 6.92 Å². The molecule has 2 rings (SSSR count). The number of sulfone groups is 1. The van der Waals surface area contributed by atoms with Crippen LogP contribution in [0.4, 0.5) is 0 Å². The molecule has 1 fully saturated rings. The average molecular weight is 340 g/mol. The normalized spacial score (nSPS) is 19.1. The lowest BCUT2D eigenvalue weighted by Crippen LogP contribution is -2.43. The first-order chi connectivity index (χ1) is 10.8. The summed E-state index contributed by atoms with van der Waals surface area (Å²) in [5, 5.41) is 5.03. The number of hydrogen-bond donors (Lipinski definition) is 2. The van der Waals surface area contributed by atoms with Crippen molar-refractivity contribution < 1.29 is 22.7 Å². The Hall–Kier alpha value is -2.09. The molecule has 2 N–H and O–H groups in total. The second-order valence-electron chi connectivity index (χ2n) is 5.55. The van der Waals surface area contributed by atoms with E-state index >= 15 is 0 Å². The number of aryl methyl sites for hydroxylation is 1. The monoisotopic (exact) mass is 340 g/mol. The van der Waals surface area contributed by atoms with E-state index in [2.05, 4.69) is 10.6 Å². The molecule has 1 saturated heterocycles. The zero-order chi connectivity index (χ0) is 16.9. The number of ether oxygens (including phenoxy) is 1. The van der Waals surface area contributed by atoms with Crippen LogP contribution in [0.5, 0.6) is 5.75 Å². The first-order valence-electron chi connectivity index (χ1n) is 7.30. The van der Waals surface area contributed by atoms with Gasteiger partial charge < -0.3 is 15.4 Å². The number of carbonyl (C=O) groups is 2. The minimum Gasteiger partial charge on any atom is -0.484 e. The second kappa shape index (κ2) is 7.45. The van der Waals surface area contributed by atoms with Crippen LogP contribution in [0.2, 0.25) is 0 Å². The summed E-state index contributed by atoms with van der Waals surface area (Å²) in [4.78, 5) is 23.3. The van der Waals surface area contributed by atoms with Crippen molar-refractivity contribution in [3.8, 4) is 5.75 Å². The fraction of sp³-hybridized carbons (Fsp3) is 0.467. The standard InChI is InChI=1S/C15H20N2O5S/c1-11-3-2-4-13(7-11)22-9-15(19)16-8-14(18)17-12-5-6-23(20,21)10-12/h2-4,7,12H,5-6,8-10H2,1H3,(H,16,19)(H,17,18). The van der Waals surface area contributed by atoms with Crippen molar-refractivity contribution in [1.29, 1.82) is 0 Å². The molecule has 1 heterocycles. The Morgan fingerprint density at radius 2 is 2.09 bits per heavy atom. The van der Waals surface area contributed by atoms with Crippen molar-refractivity contribution >= 4 is 21.7 Å². The van der Waals surface area contributed by atoms with Crippen LogP contribution in [-0.2, 0) is 19.4 Å². The highest BCUT2D eigenvalue weighted by atomic mass is 32.2. The van der Waals surface area contributed by atoms with Crippen molar-refractivity contribution in [2.24, 2.45) is 0 Å². The van der Waals surface area contributed by atoms with Crippen molar-refractivity contribution in [3.63, 3.8) is 0 Å². The number of carbonyl (C=O) groups excluding carboxylic acids is 2. The van der Waals surface area contributed by atoms with E-state index in [4.69, 9.17) is 4.74 Å². The van der Waals surface area contributed by atoms with Crippen molar-refractivity contribution in [1.82, 2.24) is 10.6 Å². The van der Waals surface area contributed by atoms with Crippen LogP contribution in [0.1, 0.15) is 12.0 Å². The van der Waals surface area contributed by atoms with E-state index < -0.39 is 21.7 Å².